The minimum absolute atomic E-state index is 0.194. The van der Waals surface area contributed by atoms with E-state index in [9.17, 15) is 9.59 Å². The summed E-state index contributed by atoms with van der Waals surface area (Å²) in [6.07, 6.45) is -0.362. The fourth-order valence-corrected chi connectivity index (χ4v) is 2.73. The van der Waals surface area contributed by atoms with Gasteiger partial charge in [0.15, 0.2) is 0 Å². The van der Waals surface area contributed by atoms with Crippen LogP contribution in [0.1, 0.15) is 11.4 Å². The van der Waals surface area contributed by atoms with Crippen LogP contribution in [0.3, 0.4) is 0 Å². The number of carbonyl (C=O) groups is 2. The minimum Gasteiger partial charge on any atom is -0.453 e. The average Bonchev–Trinajstić information content (AvgIpc) is 2.62. The highest BCUT2D eigenvalue weighted by Crippen LogP contribution is 2.18. The molecule has 25 heavy (non-hydrogen) atoms. The molecule has 0 bridgehead atoms. The van der Waals surface area contributed by atoms with Crippen molar-refractivity contribution < 1.29 is 14.3 Å². The molecule has 0 aliphatic carbocycles. The van der Waals surface area contributed by atoms with Crippen molar-refractivity contribution in [2.24, 2.45) is 0 Å². The number of carbonyl (C=O) groups excluding carboxylic acids is 2. The summed E-state index contributed by atoms with van der Waals surface area (Å²) in [6, 6.07) is 5.28. The molecule has 1 fully saturated rings. The molecule has 1 aromatic carbocycles. The van der Waals surface area contributed by atoms with E-state index in [1.54, 1.807) is 9.80 Å². The molecule has 0 radical (unpaired) electrons. The molecule has 2 aromatic rings. The molecule has 3 rings (SSSR count). The number of aromatic nitrogens is 2. The van der Waals surface area contributed by atoms with Crippen molar-refractivity contribution in [2.45, 2.75) is 13.8 Å². The maximum atomic E-state index is 12.4. The third kappa shape index (κ3) is 3.62. The van der Waals surface area contributed by atoms with Crippen molar-refractivity contribution >= 4 is 28.8 Å². The highest BCUT2D eigenvalue weighted by atomic mass is 16.5. The van der Waals surface area contributed by atoms with E-state index in [4.69, 9.17) is 4.74 Å². The first-order valence-electron chi connectivity index (χ1n) is 8.12. The second-order valence-electron chi connectivity index (χ2n) is 5.97. The van der Waals surface area contributed by atoms with Crippen molar-refractivity contribution in [3.8, 4) is 0 Å². The first kappa shape index (κ1) is 16.9. The number of urea groups is 1. The molecule has 8 nitrogen and oxygen atoms in total. The van der Waals surface area contributed by atoms with Gasteiger partial charge in [-0.05, 0) is 32.0 Å². The van der Waals surface area contributed by atoms with Crippen LogP contribution in [0.4, 0.5) is 15.3 Å². The molecule has 2 heterocycles. The first-order valence-corrected chi connectivity index (χ1v) is 8.12. The number of aryl methyl sites for hydroxylation is 2. The van der Waals surface area contributed by atoms with Gasteiger partial charge in [-0.1, -0.05) is 0 Å². The van der Waals surface area contributed by atoms with Gasteiger partial charge < -0.3 is 19.9 Å². The minimum atomic E-state index is -0.362. The fraction of sp³-hybridized carbons (Fsp3) is 0.412. The summed E-state index contributed by atoms with van der Waals surface area (Å²) < 4.78 is 4.69. The third-order valence-corrected chi connectivity index (χ3v) is 4.33. The number of rotatable bonds is 1. The van der Waals surface area contributed by atoms with E-state index < -0.39 is 0 Å². The maximum absolute atomic E-state index is 12.4. The van der Waals surface area contributed by atoms with Crippen molar-refractivity contribution in [1.29, 1.82) is 0 Å². The van der Waals surface area contributed by atoms with Gasteiger partial charge in [-0.3, -0.25) is 0 Å². The van der Waals surface area contributed by atoms with Crippen molar-refractivity contribution in [2.75, 3.05) is 38.6 Å². The molecule has 1 saturated heterocycles. The van der Waals surface area contributed by atoms with E-state index in [1.165, 1.54) is 7.11 Å². The highest BCUT2D eigenvalue weighted by molar-refractivity contribution is 5.92. The van der Waals surface area contributed by atoms with Crippen LogP contribution in [0.15, 0.2) is 18.2 Å². The molecule has 1 aliphatic rings. The zero-order valence-electron chi connectivity index (χ0n) is 14.6. The molecule has 132 valence electrons. The molecule has 1 aromatic heterocycles. The first-order chi connectivity index (χ1) is 12.0. The van der Waals surface area contributed by atoms with Crippen LogP contribution in [0.25, 0.3) is 11.0 Å². The number of benzene rings is 1. The van der Waals surface area contributed by atoms with Crippen LogP contribution in [-0.4, -0.2) is 65.2 Å². The van der Waals surface area contributed by atoms with Gasteiger partial charge in [-0.2, -0.15) is 0 Å². The van der Waals surface area contributed by atoms with Gasteiger partial charge in [0.25, 0.3) is 0 Å². The molecular formula is C17H21N5O3. The van der Waals surface area contributed by atoms with Crippen LogP contribution in [0.5, 0.6) is 0 Å². The monoisotopic (exact) mass is 343 g/mol. The predicted molar refractivity (Wildman–Crippen MR) is 93.6 cm³/mol. The van der Waals surface area contributed by atoms with Gasteiger partial charge in [0, 0.05) is 31.9 Å². The van der Waals surface area contributed by atoms with Crippen molar-refractivity contribution in [1.82, 2.24) is 19.8 Å². The van der Waals surface area contributed by atoms with Gasteiger partial charge in [0.05, 0.1) is 29.5 Å². The standard InChI is InChI=1S/C17H21N5O3/c1-11-12(2)19-15-10-13(4-5-14(15)18-11)20-16(23)21-6-8-22(9-7-21)17(24)25-3/h4-5,10H,6-9H2,1-3H3,(H,20,23). The summed E-state index contributed by atoms with van der Waals surface area (Å²) in [4.78, 5) is 36.1. The van der Waals surface area contributed by atoms with Crippen LogP contribution in [0, 0.1) is 13.8 Å². The smallest absolute Gasteiger partial charge is 0.409 e. The van der Waals surface area contributed by atoms with E-state index in [1.807, 2.05) is 32.0 Å². The summed E-state index contributed by atoms with van der Waals surface area (Å²) in [5, 5.41) is 2.88. The molecule has 3 amide bonds. The lowest BCUT2D eigenvalue weighted by atomic mass is 10.2. The maximum Gasteiger partial charge on any atom is 0.409 e. The number of amides is 3. The van der Waals surface area contributed by atoms with Gasteiger partial charge in [0.1, 0.15) is 0 Å². The summed E-state index contributed by atoms with van der Waals surface area (Å²) in [5.74, 6) is 0. The number of fused-ring (bicyclic) bond motifs is 1. The number of piperazine rings is 1. The molecule has 0 unspecified atom stereocenters. The topological polar surface area (TPSA) is 87.7 Å². The van der Waals surface area contributed by atoms with E-state index in [0.717, 1.165) is 22.4 Å². The zero-order chi connectivity index (χ0) is 18.0. The molecule has 0 atom stereocenters. The number of ether oxygens (including phenoxy) is 1. The Morgan fingerprint density at radius 3 is 2.24 bits per heavy atom. The Kier molecular flexibility index (Phi) is 4.69. The van der Waals surface area contributed by atoms with E-state index in [0.29, 0.717) is 31.9 Å². The molecule has 1 N–H and O–H groups in total. The van der Waals surface area contributed by atoms with Gasteiger partial charge in [-0.15, -0.1) is 0 Å². The number of hydrogen-bond acceptors (Lipinski definition) is 5. The Balaban J connectivity index is 1.66. The van der Waals surface area contributed by atoms with E-state index in [2.05, 4.69) is 15.3 Å². The summed E-state index contributed by atoms with van der Waals surface area (Å²) in [5.41, 5.74) is 3.98. The van der Waals surface area contributed by atoms with Crippen molar-refractivity contribution in [3.05, 3.63) is 29.6 Å². The van der Waals surface area contributed by atoms with Gasteiger partial charge in [-0.25, -0.2) is 19.6 Å². The Morgan fingerprint density at radius 1 is 1.00 bits per heavy atom. The average molecular weight is 343 g/mol. The van der Waals surface area contributed by atoms with Gasteiger partial charge in [0.2, 0.25) is 0 Å². The Labute approximate surface area is 145 Å². The molecular weight excluding hydrogens is 322 g/mol. The van der Waals surface area contributed by atoms with E-state index >= 15 is 0 Å². The lowest BCUT2D eigenvalue weighted by Gasteiger charge is -2.33. The second kappa shape index (κ2) is 6.92. The Morgan fingerprint density at radius 2 is 1.60 bits per heavy atom. The molecule has 8 heteroatoms. The highest BCUT2D eigenvalue weighted by Gasteiger charge is 2.24. The number of hydrogen-bond donors (Lipinski definition) is 1. The second-order valence-corrected chi connectivity index (χ2v) is 5.97. The van der Waals surface area contributed by atoms with Crippen LogP contribution in [-0.2, 0) is 4.74 Å². The van der Waals surface area contributed by atoms with Gasteiger partial charge >= 0.3 is 12.1 Å². The SMILES string of the molecule is COC(=O)N1CCN(C(=O)Nc2ccc3nc(C)c(C)nc3c2)CC1. The van der Waals surface area contributed by atoms with Crippen LogP contribution in [0.2, 0.25) is 0 Å². The lowest BCUT2D eigenvalue weighted by molar-refractivity contribution is 0.0993. The third-order valence-electron chi connectivity index (χ3n) is 4.33. The van der Waals surface area contributed by atoms with Crippen molar-refractivity contribution in [3.63, 3.8) is 0 Å². The summed E-state index contributed by atoms with van der Waals surface area (Å²) >= 11 is 0. The normalized spacial score (nSPS) is 14.5. The zero-order valence-corrected chi connectivity index (χ0v) is 14.6. The summed E-state index contributed by atoms with van der Waals surface area (Å²) in [7, 11) is 1.35. The van der Waals surface area contributed by atoms with E-state index in [-0.39, 0.29) is 12.1 Å². The number of nitrogens with one attached hydrogen (secondary N) is 1. The molecule has 0 spiro atoms. The Hall–Kier alpha value is -2.90. The predicted octanol–water partition coefficient (Wildman–Crippen LogP) is 2.16. The largest absolute Gasteiger partial charge is 0.453 e. The lowest BCUT2D eigenvalue weighted by Crippen LogP contribution is -2.51. The quantitative estimate of drug-likeness (QED) is 0.857. The fourth-order valence-electron chi connectivity index (χ4n) is 2.73. The Bertz CT molecular complexity index is 815. The number of nitrogens with zero attached hydrogens (tertiary/aromatic N) is 4. The number of methoxy groups -OCH3 is 1. The molecule has 0 saturated carbocycles. The van der Waals surface area contributed by atoms with Crippen LogP contribution >= 0.6 is 0 Å². The number of anilines is 1. The molecule has 1 aliphatic heterocycles. The van der Waals surface area contributed by atoms with Crippen LogP contribution < -0.4 is 5.32 Å². The summed E-state index contributed by atoms with van der Waals surface area (Å²) in [6.45, 7) is 5.68.